The topological polar surface area (TPSA) is 62.5 Å². The van der Waals surface area contributed by atoms with Gasteiger partial charge in [0.25, 0.3) is 0 Å². The molecule has 0 saturated carbocycles. The fourth-order valence-electron chi connectivity index (χ4n) is 2.86. The van der Waals surface area contributed by atoms with Crippen LogP contribution in [0.4, 0.5) is 4.39 Å². The van der Waals surface area contributed by atoms with E-state index in [1.165, 1.54) is 11.6 Å². The Bertz CT molecular complexity index is 969. The summed E-state index contributed by atoms with van der Waals surface area (Å²) in [6, 6.07) is 13.0. The quantitative estimate of drug-likeness (QED) is 0.441. The van der Waals surface area contributed by atoms with Gasteiger partial charge in [0.05, 0.1) is 12.7 Å². The van der Waals surface area contributed by atoms with Crippen molar-refractivity contribution in [1.82, 2.24) is 15.6 Å². The Kier molecular flexibility index (Phi) is 7.30. The lowest BCUT2D eigenvalue weighted by Gasteiger charge is -2.13. The average Bonchev–Trinajstić information content (AvgIpc) is 3.19. The molecule has 0 spiro atoms. The molecule has 0 amide bonds. The number of thioether (sulfide) groups is 1. The maximum atomic E-state index is 13.5. The van der Waals surface area contributed by atoms with Crippen molar-refractivity contribution in [2.75, 3.05) is 13.3 Å². The van der Waals surface area contributed by atoms with Crippen molar-refractivity contribution in [2.24, 2.45) is 4.99 Å². The highest BCUT2D eigenvalue weighted by atomic mass is 32.2. The largest absolute Gasteiger partial charge is 0.439 e. The van der Waals surface area contributed by atoms with Crippen LogP contribution in [0.5, 0.6) is 0 Å². The summed E-state index contributed by atoms with van der Waals surface area (Å²) in [7, 11) is 1.70. The highest BCUT2D eigenvalue weighted by Crippen LogP contribution is 2.20. The SMILES string of the molecule is CN=C(NCc1ncc(-c2ccc(C)cc2)o1)NCc1ccc(F)cc1CSC. The molecular weight excluding hydrogens is 387 g/mol. The second-order valence-electron chi connectivity index (χ2n) is 6.61. The van der Waals surface area contributed by atoms with Crippen molar-refractivity contribution in [3.05, 3.63) is 77.1 Å². The van der Waals surface area contributed by atoms with Crippen molar-refractivity contribution in [3.8, 4) is 11.3 Å². The van der Waals surface area contributed by atoms with E-state index in [9.17, 15) is 4.39 Å². The molecular formula is C22H25FN4OS. The Morgan fingerprint density at radius 1 is 1.10 bits per heavy atom. The lowest BCUT2D eigenvalue weighted by atomic mass is 10.1. The Labute approximate surface area is 174 Å². The third-order valence-corrected chi connectivity index (χ3v) is 5.03. The number of aliphatic imine (C=N–C) groups is 1. The molecule has 0 unspecified atom stereocenters. The molecule has 0 fully saturated rings. The van der Waals surface area contributed by atoms with Crippen LogP contribution < -0.4 is 10.6 Å². The summed E-state index contributed by atoms with van der Waals surface area (Å²) in [5.41, 5.74) is 4.22. The van der Waals surface area contributed by atoms with Gasteiger partial charge in [0, 0.05) is 24.9 Å². The molecule has 3 rings (SSSR count). The third-order valence-electron chi connectivity index (χ3n) is 4.43. The van der Waals surface area contributed by atoms with Crippen LogP contribution >= 0.6 is 11.8 Å². The first-order valence-electron chi connectivity index (χ1n) is 9.31. The molecule has 0 bridgehead atoms. The summed E-state index contributed by atoms with van der Waals surface area (Å²) in [5, 5.41) is 6.45. The minimum absolute atomic E-state index is 0.214. The van der Waals surface area contributed by atoms with Gasteiger partial charge in [-0.1, -0.05) is 35.9 Å². The molecule has 1 heterocycles. The van der Waals surface area contributed by atoms with Crippen LogP contribution in [-0.2, 0) is 18.8 Å². The van der Waals surface area contributed by atoms with Crippen LogP contribution in [0.25, 0.3) is 11.3 Å². The normalized spacial score (nSPS) is 11.5. The predicted molar refractivity (Wildman–Crippen MR) is 117 cm³/mol. The van der Waals surface area contributed by atoms with E-state index in [0.717, 1.165) is 28.2 Å². The van der Waals surface area contributed by atoms with Gasteiger partial charge in [0.15, 0.2) is 11.7 Å². The highest BCUT2D eigenvalue weighted by Gasteiger charge is 2.09. The Hall–Kier alpha value is -2.80. The van der Waals surface area contributed by atoms with Crippen LogP contribution in [0.15, 0.2) is 58.1 Å². The number of benzene rings is 2. The number of oxazole rings is 1. The van der Waals surface area contributed by atoms with E-state index in [-0.39, 0.29) is 5.82 Å². The maximum Gasteiger partial charge on any atom is 0.214 e. The van der Waals surface area contributed by atoms with E-state index in [2.05, 4.69) is 20.6 Å². The van der Waals surface area contributed by atoms with Crippen LogP contribution in [-0.4, -0.2) is 24.2 Å². The number of hydrogen-bond donors (Lipinski definition) is 2. The maximum absolute atomic E-state index is 13.5. The first-order valence-corrected chi connectivity index (χ1v) is 10.7. The number of halogens is 1. The summed E-state index contributed by atoms with van der Waals surface area (Å²) >= 11 is 1.67. The Morgan fingerprint density at radius 2 is 1.86 bits per heavy atom. The van der Waals surface area contributed by atoms with Gasteiger partial charge in [-0.3, -0.25) is 4.99 Å². The number of hydrogen-bond acceptors (Lipinski definition) is 4. The average molecular weight is 413 g/mol. The van der Waals surface area contributed by atoms with Gasteiger partial charge >= 0.3 is 0 Å². The summed E-state index contributed by atoms with van der Waals surface area (Å²) in [6.45, 7) is 3.01. The van der Waals surface area contributed by atoms with Gasteiger partial charge in [-0.2, -0.15) is 11.8 Å². The van der Waals surface area contributed by atoms with E-state index < -0.39 is 0 Å². The van der Waals surface area contributed by atoms with E-state index >= 15 is 0 Å². The van der Waals surface area contributed by atoms with Crippen LogP contribution in [0.1, 0.15) is 22.6 Å². The number of guanidine groups is 1. The molecule has 0 radical (unpaired) electrons. The zero-order chi connectivity index (χ0) is 20.6. The van der Waals surface area contributed by atoms with Crippen LogP contribution in [0.3, 0.4) is 0 Å². The van der Waals surface area contributed by atoms with E-state index in [0.29, 0.717) is 24.9 Å². The third kappa shape index (κ3) is 5.84. The van der Waals surface area contributed by atoms with Crippen molar-refractivity contribution in [3.63, 3.8) is 0 Å². The van der Waals surface area contributed by atoms with Gasteiger partial charge in [-0.05, 0) is 36.4 Å². The zero-order valence-electron chi connectivity index (χ0n) is 16.8. The van der Waals surface area contributed by atoms with E-state index in [4.69, 9.17) is 4.42 Å². The number of aryl methyl sites for hydroxylation is 1. The number of aromatic nitrogens is 1. The van der Waals surface area contributed by atoms with E-state index in [1.54, 1.807) is 31.1 Å². The Morgan fingerprint density at radius 3 is 2.59 bits per heavy atom. The lowest BCUT2D eigenvalue weighted by Crippen LogP contribution is -2.36. The fourth-order valence-corrected chi connectivity index (χ4v) is 3.44. The molecule has 0 saturated heterocycles. The molecule has 5 nitrogen and oxygen atoms in total. The smallest absolute Gasteiger partial charge is 0.214 e. The minimum atomic E-state index is -0.214. The summed E-state index contributed by atoms with van der Waals surface area (Å²) in [4.78, 5) is 8.56. The zero-order valence-corrected chi connectivity index (χ0v) is 17.6. The van der Waals surface area contributed by atoms with Crippen molar-refractivity contribution in [1.29, 1.82) is 0 Å². The van der Waals surface area contributed by atoms with Gasteiger partial charge in [0.1, 0.15) is 5.82 Å². The molecule has 3 aromatic rings. The molecule has 2 N–H and O–H groups in total. The molecule has 152 valence electrons. The number of rotatable bonds is 7. The van der Waals surface area contributed by atoms with Crippen molar-refractivity contribution in [2.45, 2.75) is 25.8 Å². The standard InChI is InChI=1S/C22H25FN4OS/c1-15-4-6-16(7-5-15)20-12-25-21(28-20)13-27-22(24-2)26-11-17-8-9-19(23)10-18(17)14-29-3/h4-10,12H,11,13-14H2,1-3H3,(H2,24,26,27). The first-order chi connectivity index (χ1) is 14.1. The van der Waals surface area contributed by atoms with Crippen LogP contribution in [0, 0.1) is 12.7 Å². The molecule has 7 heteroatoms. The first kappa shape index (κ1) is 20.9. The minimum Gasteiger partial charge on any atom is -0.439 e. The second kappa shape index (κ2) is 10.1. The van der Waals surface area contributed by atoms with Gasteiger partial charge in [-0.25, -0.2) is 9.37 Å². The van der Waals surface area contributed by atoms with Crippen molar-refractivity contribution < 1.29 is 8.81 Å². The molecule has 29 heavy (non-hydrogen) atoms. The summed E-state index contributed by atoms with van der Waals surface area (Å²) in [6.07, 6.45) is 3.73. The van der Waals surface area contributed by atoms with Gasteiger partial charge in [0.2, 0.25) is 5.89 Å². The number of nitrogens with one attached hydrogen (secondary N) is 2. The number of nitrogens with zero attached hydrogens (tertiary/aromatic N) is 2. The van der Waals surface area contributed by atoms with Crippen LogP contribution in [0.2, 0.25) is 0 Å². The monoisotopic (exact) mass is 412 g/mol. The molecule has 0 aliphatic heterocycles. The fraction of sp³-hybridized carbons (Fsp3) is 0.273. The summed E-state index contributed by atoms with van der Waals surface area (Å²) < 4.78 is 19.3. The van der Waals surface area contributed by atoms with E-state index in [1.807, 2.05) is 43.5 Å². The second-order valence-corrected chi connectivity index (χ2v) is 7.48. The molecule has 2 aromatic carbocycles. The molecule has 0 aliphatic carbocycles. The Balaban J connectivity index is 1.57. The van der Waals surface area contributed by atoms with Gasteiger partial charge in [-0.15, -0.1) is 0 Å². The molecule has 0 atom stereocenters. The lowest BCUT2D eigenvalue weighted by molar-refractivity contribution is 0.497. The predicted octanol–water partition coefficient (Wildman–Crippen LogP) is 4.52. The molecule has 0 aliphatic rings. The van der Waals surface area contributed by atoms with Gasteiger partial charge < -0.3 is 15.1 Å². The molecule has 1 aromatic heterocycles. The highest BCUT2D eigenvalue weighted by molar-refractivity contribution is 7.97. The van der Waals surface area contributed by atoms with Crippen molar-refractivity contribution >= 4 is 17.7 Å². The summed E-state index contributed by atoms with van der Waals surface area (Å²) in [5.74, 6) is 2.48.